The van der Waals surface area contributed by atoms with Gasteiger partial charge in [0.2, 0.25) is 0 Å². The summed E-state index contributed by atoms with van der Waals surface area (Å²) in [5, 5.41) is 3.03. The van der Waals surface area contributed by atoms with E-state index < -0.39 is 11.6 Å². The number of imidazole rings is 1. The maximum atomic E-state index is 13.3. The Morgan fingerprint density at radius 1 is 1.19 bits per heavy atom. The first-order valence-electron chi connectivity index (χ1n) is 6.20. The molecule has 0 aliphatic carbocycles. The number of rotatable bonds is 5. The quantitative estimate of drug-likeness (QED) is 0.704. The van der Waals surface area contributed by atoms with Crippen LogP contribution in [0.2, 0.25) is 0 Å². The first-order valence-corrected chi connectivity index (χ1v) is 6.20. The van der Waals surface area contributed by atoms with Crippen molar-refractivity contribution in [2.45, 2.75) is 0 Å². The van der Waals surface area contributed by atoms with Gasteiger partial charge in [-0.1, -0.05) is 0 Å². The van der Waals surface area contributed by atoms with E-state index in [-0.39, 0.29) is 12.4 Å². The van der Waals surface area contributed by atoms with E-state index in [1.165, 1.54) is 18.7 Å². The van der Waals surface area contributed by atoms with Crippen molar-refractivity contribution < 1.29 is 13.5 Å². The van der Waals surface area contributed by atoms with Crippen LogP contribution in [-0.2, 0) is 0 Å². The third-order valence-electron chi connectivity index (χ3n) is 2.77. The van der Waals surface area contributed by atoms with Crippen LogP contribution in [0, 0.1) is 11.6 Å². The van der Waals surface area contributed by atoms with Crippen molar-refractivity contribution in [3.05, 3.63) is 42.5 Å². The number of ether oxygens (including phenoxy) is 1. The lowest BCUT2D eigenvalue weighted by Crippen LogP contribution is -2.13. The fourth-order valence-corrected chi connectivity index (χ4v) is 1.82. The number of anilines is 1. The minimum Gasteiger partial charge on any atom is -0.489 e. The average Bonchev–Trinajstić information content (AvgIpc) is 2.94. The minimum atomic E-state index is -0.729. The Morgan fingerprint density at radius 3 is 2.95 bits per heavy atom. The second kappa shape index (κ2) is 5.70. The topological polar surface area (TPSA) is 75.7 Å². The predicted molar refractivity (Wildman–Crippen MR) is 72.0 cm³/mol. The molecule has 1 aromatic carbocycles. The number of aromatic nitrogens is 4. The summed E-state index contributed by atoms with van der Waals surface area (Å²) in [6.45, 7) is 0.587. The zero-order chi connectivity index (χ0) is 14.7. The van der Waals surface area contributed by atoms with Gasteiger partial charge < -0.3 is 15.0 Å². The number of hydrogen-bond donors (Lipinski definition) is 2. The maximum Gasteiger partial charge on any atom is 0.182 e. The summed E-state index contributed by atoms with van der Waals surface area (Å²) in [6.07, 6.45) is 2.92. The molecule has 2 aromatic heterocycles. The monoisotopic (exact) mass is 291 g/mol. The fraction of sp³-hybridized carbons (Fsp3) is 0.154. The lowest BCUT2D eigenvalue weighted by Gasteiger charge is -2.09. The van der Waals surface area contributed by atoms with Crippen LogP contribution in [-0.4, -0.2) is 33.1 Å². The molecule has 0 atom stereocenters. The Kier molecular flexibility index (Phi) is 3.59. The molecule has 0 unspecified atom stereocenters. The number of H-pyrrole nitrogens is 1. The maximum absolute atomic E-state index is 13.3. The standard InChI is InChI=1S/C13H11F2N5O/c14-8-1-2-10(9(15)5-8)21-4-3-16-12-11-13(18-6-17-11)20-7-19-12/h1-2,5-7H,3-4H2,(H2,16,17,18,19,20). The zero-order valence-electron chi connectivity index (χ0n) is 10.8. The van der Waals surface area contributed by atoms with Crippen LogP contribution in [0.4, 0.5) is 14.6 Å². The van der Waals surface area contributed by atoms with Crippen LogP contribution < -0.4 is 10.1 Å². The largest absolute Gasteiger partial charge is 0.489 e. The molecule has 0 aliphatic heterocycles. The highest BCUT2D eigenvalue weighted by molar-refractivity contribution is 5.81. The summed E-state index contributed by atoms with van der Waals surface area (Å²) in [5.74, 6) is -0.776. The Balaban J connectivity index is 1.58. The highest BCUT2D eigenvalue weighted by atomic mass is 19.1. The van der Waals surface area contributed by atoms with Gasteiger partial charge in [-0.05, 0) is 12.1 Å². The van der Waals surface area contributed by atoms with E-state index in [1.807, 2.05) is 0 Å². The molecule has 0 radical (unpaired) electrons. The molecule has 2 heterocycles. The van der Waals surface area contributed by atoms with E-state index in [0.717, 1.165) is 12.1 Å². The summed E-state index contributed by atoms with van der Waals surface area (Å²) in [4.78, 5) is 15.0. The second-order valence-corrected chi connectivity index (χ2v) is 4.17. The Hall–Kier alpha value is -2.77. The Labute approximate surface area is 118 Å². The van der Waals surface area contributed by atoms with Crippen molar-refractivity contribution in [1.29, 1.82) is 0 Å². The molecule has 0 amide bonds. The van der Waals surface area contributed by atoms with Gasteiger partial charge in [-0.25, -0.2) is 23.7 Å². The van der Waals surface area contributed by atoms with Gasteiger partial charge in [0.05, 0.1) is 12.9 Å². The molecular weight excluding hydrogens is 280 g/mol. The van der Waals surface area contributed by atoms with Gasteiger partial charge in [0, 0.05) is 6.07 Å². The summed E-state index contributed by atoms with van der Waals surface area (Å²) < 4.78 is 31.3. The Bertz CT molecular complexity index is 761. The van der Waals surface area contributed by atoms with Crippen LogP contribution >= 0.6 is 0 Å². The number of nitrogens with zero attached hydrogens (tertiary/aromatic N) is 3. The van der Waals surface area contributed by atoms with E-state index in [0.29, 0.717) is 23.5 Å². The molecular formula is C13H11F2N5O. The van der Waals surface area contributed by atoms with Crippen molar-refractivity contribution in [3.63, 3.8) is 0 Å². The number of hydrogen-bond acceptors (Lipinski definition) is 5. The third-order valence-corrected chi connectivity index (χ3v) is 2.77. The normalized spacial score (nSPS) is 10.8. The summed E-state index contributed by atoms with van der Waals surface area (Å²) in [7, 11) is 0. The van der Waals surface area contributed by atoms with Gasteiger partial charge in [-0.2, -0.15) is 0 Å². The molecule has 2 N–H and O–H groups in total. The second-order valence-electron chi connectivity index (χ2n) is 4.17. The van der Waals surface area contributed by atoms with Crippen LogP contribution in [0.25, 0.3) is 11.2 Å². The van der Waals surface area contributed by atoms with Gasteiger partial charge in [0.1, 0.15) is 24.3 Å². The SMILES string of the molecule is Fc1ccc(OCCNc2ncnc3nc[nH]c23)c(F)c1. The smallest absolute Gasteiger partial charge is 0.182 e. The van der Waals surface area contributed by atoms with Gasteiger partial charge in [0.15, 0.2) is 23.0 Å². The van der Waals surface area contributed by atoms with E-state index in [1.54, 1.807) is 0 Å². The molecule has 6 nitrogen and oxygen atoms in total. The molecule has 108 valence electrons. The molecule has 0 fully saturated rings. The molecule has 0 saturated carbocycles. The minimum absolute atomic E-state index is 0.00701. The van der Waals surface area contributed by atoms with Crippen molar-refractivity contribution in [1.82, 2.24) is 19.9 Å². The number of aromatic amines is 1. The Morgan fingerprint density at radius 2 is 2.10 bits per heavy atom. The third kappa shape index (κ3) is 2.88. The molecule has 0 saturated heterocycles. The van der Waals surface area contributed by atoms with Gasteiger partial charge >= 0.3 is 0 Å². The lowest BCUT2D eigenvalue weighted by molar-refractivity contribution is 0.314. The average molecular weight is 291 g/mol. The summed E-state index contributed by atoms with van der Waals surface area (Å²) in [6, 6.07) is 3.17. The molecule has 0 bridgehead atoms. The van der Waals surface area contributed by atoms with Crippen LogP contribution in [0.1, 0.15) is 0 Å². The van der Waals surface area contributed by atoms with E-state index in [9.17, 15) is 8.78 Å². The highest BCUT2D eigenvalue weighted by Crippen LogP contribution is 2.18. The first kappa shape index (κ1) is 13.2. The van der Waals surface area contributed by atoms with E-state index in [2.05, 4.69) is 25.3 Å². The van der Waals surface area contributed by atoms with E-state index >= 15 is 0 Å². The number of halogens is 2. The van der Waals surface area contributed by atoms with Crippen LogP contribution in [0.5, 0.6) is 5.75 Å². The molecule has 21 heavy (non-hydrogen) atoms. The summed E-state index contributed by atoms with van der Waals surface area (Å²) in [5.41, 5.74) is 1.24. The van der Waals surface area contributed by atoms with Crippen molar-refractivity contribution in [3.8, 4) is 5.75 Å². The van der Waals surface area contributed by atoms with Crippen molar-refractivity contribution in [2.75, 3.05) is 18.5 Å². The fourth-order valence-electron chi connectivity index (χ4n) is 1.82. The lowest BCUT2D eigenvalue weighted by atomic mass is 10.3. The summed E-state index contributed by atoms with van der Waals surface area (Å²) >= 11 is 0. The number of fused-ring (bicyclic) bond motifs is 1. The van der Waals surface area contributed by atoms with Gasteiger partial charge in [-0.3, -0.25) is 0 Å². The molecule has 0 spiro atoms. The van der Waals surface area contributed by atoms with E-state index in [4.69, 9.17) is 4.74 Å². The van der Waals surface area contributed by atoms with Crippen molar-refractivity contribution >= 4 is 17.0 Å². The zero-order valence-corrected chi connectivity index (χ0v) is 10.8. The number of benzene rings is 1. The molecule has 3 rings (SSSR count). The molecule has 8 heteroatoms. The molecule has 0 aliphatic rings. The van der Waals surface area contributed by atoms with Crippen LogP contribution in [0.3, 0.4) is 0 Å². The predicted octanol–water partition coefficient (Wildman–Crippen LogP) is 2.12. The first-order chi connectivity index (χ1) is 10.2. The number of nitrogens with one attached hydrogen (secondary N) is 2. The van der Waals surface area contributed by atoms with Gasteiger partial charge in [-0.15, -0.1) is 0 Å². The highest BCUT2D eigenvalue weighted by Gasteiger charge is 2.06. The van der Waals surface area contributed by atoms with Gasteiger partial charge in [0.25, 0.3) is 0 Å². The van der Waals surface area contributed by atoms with Crippen molar-refractivity contribution in [2.24, 2.45) is 0 Å². The van der Waals surface area contributed by atoms with Crippen LogP contribution in [0.15, 0.2) is 30.9 Å². The molecule has 3 aromatic rings.